The lowest BCUT2D eigenvalue weighted by molar-refractivity contribution is -0.152. The Labute approximate surface area is 136 Å². The lowest BCUT2D eigenvalue weighted by atomic mass is 9.79. The first-order valence-corrected chi connectivity index (χ1v) is 7.73. The summed E-state index contributed by atoms with van der Waals surface area (Å²) in [5, 5.41) is 2.59. The number of amides is 1. The van der Waals surface area contributed by atoms with Gasteiger partial charge in [-0.15, -0.1) is 0 Å². The molecule has 22 heavy (non-hydrogen) atoms. The molecule has 1 saturated heterocycles. The Bertz CT molecular complexity index is 630. The number of carbonyl (C=O) groups is 2. The molecule has 0 aliphatic carbocycles. The molecule has 0 radical (unpaired) electrons. The van der Waals surface area contributed by atoms with E-state index in [1.807, 2.05) is 0 Å². The highest BCUT2D eigenvalue weighted by Gasteiger charge is 2.39. The summed E-state index contributed by atoms with van der Waals surface area (Å²) in [6.07, 6.45) is -0.145. The van der Waals surface area contributed by atoms with Gasteiger partial charge in [-0.05, 0) is 47.5 Å². The van der Waals surface area contributed by atoms with Crippen molar-refractivity contribution in [1.29, 1.82) is 0 Å². The highest BCUT2D eigenvalue weighted by atomic mass is 79.9. The van der Waals surface area contributed by atoms with Crippen molar-refractivity contribution in [2.24, 2.45) is 5.92 Å². The van der Waals surface area contributed by atoms with E-state index in [0.717, 1.165) is 0 Å². The molecule has 1 fully saturated rings. The molecule has 0 saturated carbocycles. The second-order valence-corrected chi connectivity index (χ2v) is 6.38. The molecular formula is C16H17BrFNO3. The SMILES string of the molecule is C=C1NC(=O)CC(c2ccc(F)c(Br)c2)C1C(=O)OC(C)C. The molecule has 2 atom stereocenters. The fourth-order valence-electron chi connectivity index (χ4n) is 2.53. The van der Waals surface area contributed by atoms with Crippen LogP contribution in [0.15, 0.2) is 34.9 Å². The fraction of sp³-hybridized carbons (Fsp3) is 0.375. The predicted octanol–water partition coefficient (Wildman–Crippen LogP) is 3.27. The summed E-state index contributed by atoms with van der Waals surface area (Å²) < 4.78 is 19.0. The molecule has 4 nitrogen and oxygen atoms in total. The molecule has 6 heteroatoms. The number of hydrogen-bond acceptors (Lipinski definition) is 3. The second-order valence-electron chi connectivity index (χ2n) is 5.52. The van der Waals surface area contributed by atoms with Gasteiger partial charge in [-0.25, -0.2) is 4.39 Å². The molecule has 1 aromatic carbocycles. The summed E-state index contributed by atoms with van der Waals surface area (Å²) >= 11 is 3.13. The van der Waals surface area contributed by atoms with Gasteiger partial charge in [0.15, 0.2) is 0 Å². The maximum absolute atomic E-state index is 13.4. The third-order valence-corrected chi connectivity index (χ3v) is 4.07. The Morgan fingerprint density at radius 2 is 2.18 bits per heavy atom. The Hall–Kier alpha value is -1.69. The number of esters is 1. The number of rotatable bonds is 3. The van der Waals surface area contributed by atoms with Crippen molar-refractivity contribution < 1.29 is 18.7 Å². The van der Waals surface area contributed by atoms with Crippen molar-refractivity contribution in [3.8, 4) is 0 Å². The first kappa shape index (κ1) is 16.7. The van der Waals surface area contributed by atoms with Crippen molar-refractivity contribution in [2.45, 2.75) is 32.3 Å². The van der Waals surface area contributed by atoms with Crippen molar-refractivity contribution in [1.82, 2.24) is 5.32 Å². The van der Waals surface area contributed by atoms with Gasteiger partial charge in [-0.2, -0.15) is 0 Å². The van der Waals surface area contributed by atoms with E-state index in [1.165, 1.54) is 6.07 Å². The third-order valence-electron chi connectivity index (χ3n) is 3.46. The highest BCUT2D eigenvalue weighted by Crippen LogP contribution is 2.37. The normalized spacial score (nSPS) is 21.7. The number of carbonyl (C=O) groups excluding carboxylic acids is 2. The first-order chi connectivity index (χ1) is 10.3. The van der Waals surface area contributed by atoms with Crippen molar-refractivity contribution >= 4 is 27.8 Å². The molecule has 1 N–H and O–H groups in total. The third kappa shape index (κ3) is 3.55. The van der Waals surface area contributed by atoms with Crippen molar-refractivity contribution in [2.75, 3.05) is 0 Å². The van der Waals surface area contributed by atoms with Crippen LogP contribution < -0.4 is 5.32 Å². The fourth-order valence-corrected chi connectivity index (χ4v) is 2.93. The standard InChI is InChI=1S/C16H17BrFNO3/c1-8(2)22-16(21)15-9(3)19-14(20)7-11(15)10-4-5-13(18)12(17)6-10/h4-6,8,11,15H,3,7H2,1-2H3,(H,19,20). The minimum Gasteiger partial charge on any atom is -0.462 e. The van der Waals surface area contributed by atoms with Crippen LogP contribution in [0.1, 0.15) is 31.7 Å². The summed E-state index contributed by atoms with van der Waals surface area (Å²) in [5.41, 5.74) is 1.00. The summed E-state index contributed by atoms with van der Waals surface area (Å²) in [4.78, 5) is 24.1. The molecule has 118 valence electrons. The van der Waals surface area contributed by atoms with E-state index in [2.05, 4.69) is 27.8 Å². The Morgan fingerprint density at radius 1 is 1.50 bits per heavy atom. The van der Waals surface area contributed by atoms with Gasteiger partial charge in [0, 0.05) is 18.0 Å². The molecule has 1 amide bonds. The Morgan fingerprint density at radius 3 is 2.77 bits per heavy atom. The van der Waals surface area contributed by atoms with E-state index in [4.69, 9.17) is 4.74 Å². The number of hydrogen-bond donors (Lipinski definition) is 1. The van der Waals surface area contributed by atoms with Crippen LogP contribution in [0.25, 0.3) is 0 Å². The summed E-state index contributed by atoms with van der Waals surface area (Å²) in [7, 11) is 0. The largest absolute Gasteiger partial charge is 0.462 e. The average Bonchev–Trinajstić information content (AvgIpc) is 2.39. The maximum Gasteiger partial charge on any atom is 0.315 e. The smallest absolute Gasteiger partial charge is 0.315 e. The summed E-state index contributed by atoms with van der Waals surface area (Å²) in [6.45, 7) is 7.28. The van der Waals surface area contributed by atoms with E-state index in [-0.39, 0.29) is 22.9 Å². The zero-order valence-electron chi connectivity index (χ0n) is 12.4. The molecule has 0 spiro atoms. The van der Waals surface area contributed by atoms with Crippen LogP contribution in [0.2, 0.25) is 0 Å². The molecule has 1 aliphatic heterocycles. The molecule has 1 heterocycles. The molecule has 2 unspecified atom stereocenters. The highest BCUT2D eigenvalue weighted by molar-refractivity contribution is 9.10. The van der Waals surface area contributed by atoms with Crippen molar-refractivity contribution in [3.63, 3.8) is 0 Å². The van der Waals surface area contributed by atoms with Crippen molar-refractivity contribution in [3.05, 3.63) is 46.3 Å². The number of piperidine rings is 1. The molecule has 0 aromatic heterocycles. The maximum atomic E-state index is 13.4. The van der Waals surface area contributed by atoms with Crippen LogP contribution in [0, 0.1) is 11.7 Å². The van der Waals surface area contributed by atoms with Gasteiger partial charge in [0.1, 0.15) is 11.7 Å². The number of ether oxygens (including phenoxy) is 1. The van der Waals surface area contributed by atoms with Gasteiger partial charge in [0.05, 0.1) is 10.6 Å². The second kappa shape index (κ2) is 6.60. The predicted molar refractivity (Wildman–Crippen MR) is 83.5 cm³/mol. The molecule has 2 rings (SSSR count). The van der Waals surface area contributed by atoms with E-state index >= 15 is 0 Å². The van der Waals surface area contributed by atoms with Gasteiger partial charge in [-0.1, -0.05) is 12.6 Å². The summed E-state index contributed by atoms with van der Waals surface area (Å²) in [5.74, 6) is -2.17. The number of halogens is 2. The average molecular weight is 370 g/mol. The number of benzene rings is 1. The molecule has 0 bridgehead atoms. The minimum atomic E-state index is -0.683. The van der Waals surface area contributed by atoms with Gasteiger partial charge in [0.25, 0.3) is 0 Å². The molecule has 1 aliphatic rings. The lowest BCUT2D eigenvalue weighted by Gasteiger charge is -2.32. The lowest BCUT2D eigenvalue weighted by Crippen LogP contribution is -2.42. The quantitative estimate of drug-likeness (QED) is 0.831. The van der Waals surface area contributed by atoms with Crippen LogP contribution in [0.5, 0.6) is 0 Å². The zero-order chi connectivity index (χ0) is 16.4. The topological polar surface area (TPSA) is 55.4 Å². The monoisotopic (exact) mass is 369 g/mol. The van der Waals surface area contributed by atoms with Gasteiger partial charge < -0.3 is 10.1 Å². The van der Waals surface area contributed by atoms with E-state index < -0.39 is 23.6 Å². The molecular weight excluding hydrogens is 353 g/mol. The van der Waals surface area contributed by atoms with Gasteiger partial charge in [0.2, 0.25) is 5.91 Å². The van der Waals surface area contributed by atoms with E-state index in [0.29, 0.717) is 11.3 Å². The Kier molecular flexibility index (Phi) is 5.01. The zero-order valence-corrected chi connectivity index (χ0v) is 13.9. The van der Waals surface area contributed by atoms with Crippen LogP contribution in [0.4, 0.5) is 4.39 Å². The minimum absolute atomic E-state index is 0.120. The Balaban J connectivity index is 2.38. The number of nitrogens with one attached hydrogen (secondary N) is 1. The van der Waals surface area contributed by atoms with Crippen LogP contribution in [0.3, 0.4) is 0 Å². The van der Waals surface area contributed by atoms with Gasteiger partial charge in [-0.3, -0.25) is 9.59 Å². The summed E-state index contributed by atoms with van der Waals surface area (Å²) in [6, 6.07) is 4.47. The van der Waals surface area contributed by atoms with Crippen LogP contribution in [-0.4, -0.2) is 18.0 Å². The van der Waals surface area contributed by atoms with Crippen LogP contribution in [-0.2, 0) is 14.3 Å². The first-order valence-electron chi connectivity index (χ1n) is 6.93. The van der Waals surface area contributed by atoms with E-state index in [9.17, 15) is 14.0 Å². The van der Waals surface area contributed by atoms with Crippen LogP contribution >= 0.6 is 15.9 Å². The van der Waals surface area contributed by atoms with E-state index in [1.54, 1.807) is 26.0 Å². The van der Waals surface area contributed by atoms with Gasteiger partial charge >= 0.3 is 5.97 Å². The molecule has 1 aromatic rings.